The molecule has 0 radical (unpaired) electrons. The second-order valence-electron chi connectivity index (χ2n) is 3.22. The molecule has 16 heavy (non-hydrogen) atoms. The molecule has 0 atom stereocenters. The summed E-state index contributed by atoms with van der Waals surface area (Å²) < 4.78 is 25.7. The van der Waals surface area contributed by atoms with Gasteiger partial charge < -0.3 is 5.73 Å². The Morgan fingerprint density at radius 3 is 2.38 bits per heavy atom. The quantitative estimate of drug-likeness (QED) is 0.806. The Kier molecular flexibility index (Phi) is 3.10. The lowest BCUT2D eigenvalue weighted by Gasteiger charge is -2.04. The van der Waals surface area contributed by atoms with Crippen LogP contribution in [0.1, 0.15) is 0 Å². The average molecular weight is 237 g/mol. The molecule has 0 aliphatic rings. The molecular formula is C12H9F2NS. The van der Waals surface area contributed by atoms with E-state index in [9.17, 15) is 8.78 Å². The van der Waals surface area contributed by atoms with Crippen LogP contribution < -0.4 is 5.73 Å². The summed E-state index contributed by atoms with van der Waals surface area (Å²) in [4.78, 5) is 1.45. The Balaban J connectivity index is 2.28. The Morgan fingerprint density at radius 1 is 0.938 bits per heavy atom. The van der Waals surface area contributed by atoms with Gasteiger partial charge in [-0.2, -0.15) is 0 Å². The number of rotatable bonds is 2. The van der Waals surface area contributed by atoms with Crippen LogP contribution in [0.4, 0.5) is 14.5 Å². The first kappa shape index (κ1) is 11.0. The van der Waals surface area contributed by atoms with Gasteiger partial charge in [0.2, 0.25) is 0 Å². The van der Waals surface area contributed by atoms with Crippen molar-refractivity contribution in [2.24, 2.45) is 0 Å². The lowest BCUT2D eigenvalue weighted by atomic mass is 10.3. The predicted octanol–water partition coefficient (Wildman–Crippen LogP) is 3.70. The fraction of sp³-hybridized carbons (Fsp3) is 0. The second kappa shape index (κ2) is 4.53. The van der Waals surface area contributed by atoms with E-state index in [1.54, 1.807) is 6.07 Å². The van der Waals surface area contributed by atoms with E-state index in [1.807, 2.05) is 18.2 Å². The molecule has 2 aromatic rings. The Labute approximate surface area is 96.3 Å². The Morgan fingerprint density at radius 2 is 1.69 bits per heavy atom. The summed E-state index contributed by atoms with van der Waals surface area (Å²) in [6.45, 7) is 0. The van der Waals surface area contributed by atoms with E-state index in [2.05, 4.69) is 0 Å². The standard InChI is InChI=1S/C12H9F2NS/c13-9-6-5-8(7-10(9)14)16-12-4-2-1-3-11(12)15/h1-7H,15H2. The molecule has 0 aliphatic carbocycles. The monoisotopic (exact) mass is 237 g/mol. The number of benzene rings is 2. The summed E-state index contributed by atoms with van der Waals surface area (Å²) in [6.07, 6.45) is 0. The fourth-order valence-corrected chi connectivity index (χ4v) is 2.13. The van der Waals surface area contributed by atoms with Crippen molar-refractivity contribution >= 4 is 17.4 Å². The Hall–Kier alpha value is -1.55. The van der Waals surface area contributed by atoms with Crippen molar-refractivity contribution in [1.29, 1.82) is 0 Å². The maximum absolute atomic E-state index is 13.0. The van der Waals surface area contributed by atoms with E-state index in [-0.39, 0.29) is 0 Å². The lowest BCUT2D eigenvalue weighted by molar-refractivity contribution is 0.506. The first-order valence-corrected chi connectivity index (χ1v) is 5.46. The number of halogens is 2. The number of nitrogens with two attached hydrogens (primary N) is 1. The minimum Gasteiger partial charge on any atom is -0.398 e. The van der Waals surface area contributed by atoms with Gasteiger partial charge in [-0.15, -0.1) is 0 Å². The minimum absolute atomic E-state index is 0.622. The van der Waals surface area contributed by atoms with Crippen LogP contribution in [0.3, 0.4) is 0 Å². The fourth-order valence-electron chi connectivity index (χ4n) is 1.24. The molecule has 2 N–H and O–H groups in total. The molecule has 0 fully saturated rings. The molecule has 2 rings (SSSR count). The van der Waals surface area contributed by atoms with E-state index in [0.29, 0.717) is 10.6 Å². The molecule has 1 nitrogen and oxygen atoms in total. The number of hydrogen-bond donors (Lipinski definition) is 1. The van der Waals surface area contributed by atoms with Crippen LogP contribution in [0.15, 0.2) is 52.3 Å². The molecule has 0 spiro atoms. The summed E-state index contributed by atoms with van der Waals surface area (Å²) in [5.41, 5.74) is 6.37. The summed E-state index contributed by atoms with van der Waals surface area (Å²) in [6, 6.07) is 11.1. The molecular weight excluding hydrogens is 228 g/mol. The van der Waals surface area contributed by atoms with Crippen LogP contribution in [-0.4, -0.2) is 0 Å². The molecule has 0 aliphatic heterocycles. The number of hydrogen-bond acceptors (Lipinski definition) is 2. The highest BCUT2D eigenvalue weighted by Crippen LogP contribution is 2.32. The molecule has 0 saturated heterocycles. The average Bonchev–Trinajstić information content (AvgIpc) is 2.27. The molecule has 0 amide bonds. The third-order valence-corrected chi connectivity index (χ3v) is 3.12. The SMILES string of the molecule is Nc1ccccc1Sc1ccc(F)c(F)c1. The number of para-hydroxylation sites is 1. The van der Waals surface area contributed by atoms with Gasteiger partial charge in [-0.3, -0.25) is 0 Å². The molecule has 0 bridgehead atoms. The van der Waals surface area contributed by atoms with E-state index >= 15 is 0 Å². The van der Waals surface area contributed by atoms with Crippen molar-refractivity contribution in [3.63, 3.8) is 0 Å². The largest absolute Gasteiger partial charge is 0.398 e. The summed E-state index contributed by atoms with van der Waals surface area (Å²) in [7, 11) is 0. The summed E-state index contributed by atoms with van der Waals surface area (Å²) >= 11 is 1.31. The van der Waals surface area contributed by atoms with Gasteiger partial charge in [-0.1, -0.05) is 23.9 Å². The van der Waals surface area contributed by atoms with Crippen molar-refractivity contribution in [2.45, 2.75) is 9.79 Å². The van der Waals surface area contributed by atoms with Crippen molar-refractivity contribution in [3.8, 4) is 0 Å². The zero-order chi connectivity index (χ0) is 11.5. The van der Waals surface area contributed by atoms with Gasteiger partial charge in [0, 0.05) is 15.5 Å². The number of nitrogen functional groups attached to an aromatic ring is 1. The van der Waals surface area contributed by atoms with Gasteiger partial charge in [-0.25, -0.2) is 8.78 Å². The van der Waals surface area contributed by atoms with Crippen LogP contribution in [0, 0.1) is 11.6 Å². The predicted molar refractivity (Wildman–Crippen MR) is 61.3 cm³/mol. The molecule has 2 aromatic carbocycles. The highest BCUT2D eigenvalue weighted by Gasteiger charge is 2.05. The lowest BCUT2D eigenvalue weighted by Crippen LogP contribution is -1.88. The van der Waals surface area contributed by atoms with E-state index < -0.39 is 11.6 Å². The first-order chi connectivity index (χ1) is 7.66. The van der Waals surface area contributed by atoms with E-state index in [4.69, 9.17) is 5.73 Å². The molecule has 0 saturated carbocycles. The zero-order valence-electron chi connectivity index (χ0n) is 8.28. The van der Waals surface area contributed by atoms with E-state index in [1.165, 1.54) is 17.8 Å². The minimum atomic E-state index is -0.848. The smallest absolute Gasteiger partial charge is 0.159 e. The Bertz CT molecular complexity index is 514. The van der Waals surface area contributed by atoms with Crippen molar-refractivity contribution in [2.75, 3.05) is 5.73 Å². The van der Waals surface area contributed by atoms with Crippen LogP contribution in [0.5, 0.6) is 0 Å². The van der Waals surface area contributed by atoms with Gasteiger partial charge in [0.25, 0.3) is 0 Å². The summed E-state index contributed by atoms with van der Waals surface area (Å²) in [5, 5.41) is 0. The molecule has 0 heterocycles. The van der Waals surface area contributed by atoms with Crippen LogP contribution >= 0.6 is 11.8 Å². The number of anilines is 1. The van der Waals surface area contributed by atoms with Crippen molar-refractivity contribution < 1.29 is 8.78 Å². The zero-order valence-corrected chi connectivity index (χ0v) is 9.10. The van der Waals surface area contributed by atoms with Gasteiger partial charge in [0.15, 0.2) is 11.6 Å². The van der Waals surface area contributed by atoms with Gasteiger partial charge in [-0.05, 0) is 30.3 Å². The van der Waals surface area contributed by atoms with Crippen LogP contribution in [0.25, 0.3) is 0 Å². The van der Waals surface area contributed by atoms with Gasteiger partial charge in [0.05, 0.1) is 0 Å². The van der Waals surface area contributed by atoms with Gasteiger partial charge in [0.1, 0.15) is 0 Å². The van der Waals surface area contributed by atoms with Crippen LogP contribution in [-0.2, 0) is 0 Å². The summed E-state index contributed by atoms with van der Waals surface area (Å²) in [5.74, 6) is -1.69. The topological polar surface area (TPSA) is 26.0 Å². The second-order valence-corrected chi connectivity index (χ2v) is 4.33. The van der Waals surface area contributed by atoms with Crippen molar-refractivity contribution in [3.05, 3.63) is 54.1 Å². The van der Waals surface area contributed by atoms with Crippen molar-refractivity contribution in [1.82, 2.24) is 0 Å². The van der Waals surface area contributed by atoms with Gasteiger partial charge >= 0.3 is 0 Å². The molecule has 0 aromatic heterocycles. The third-order valence-electron chi connectivity index (χ3n) is 2.04. The molecule has 82 valence electrons. The highest BCUT2D eigenvalue weighted by molar-refractivity contribution is 7.99. The maximum atomic E-state index is 13.0. The molecule has 4 heteroatoms. The third kappa shape index (κ3) is 2.33. The first-order valence-electron chi connectivity index (χ1n) is 4.64. The van der Waals surface area contributed by atoms with E-state index in [0.717, 1.165) is 17.0 Å². The molecule has 0 unspecified atom stereocenters. The van der Waals surface area contributed by atoms with Crippen LogP contribution in [0.2, 0.25) is 0 Å². The normalized spacial score (nSPS) is 10.4. The maximum Gasteiger partial charge on any atom is 0.159 e. The highest BCUT2D eigenvalue weighted by atomic mass is 32.2.